The van der Waals surface area contributed by atoms with E-state index in [1.54, 1.807) is 28.8 Å². The van der Waals surface area contributed by atoms with Crippen LogP contribution in [0.15, 0.2) is 43.5 Å². The molecule has 2 aromatic heterocycles. The van der Waals surface area contributed by atoms with Crippen LogP contribution >= 0.6 is 0 Å². The molecule has 7 nitrogen and oxygen atoms in total. The first kappa shape index (κ1) is 12.4. The third kappa shape index (κ3) is 1.47. The van der Waals surface area contributed by atoms with Crippen LogP contribution in [-0.4, -0.2) is 31.3 Å². The minimum atomic E-state index is -0.409. The number of aromatic nitrogens is 4. The fourth-order valence-corrected chi connectivity index (χ4v) is 2.52. The zero-order valence-electron chi connectivity index (χ0n) is 11.3. The summed E-state index contributed by atoms with van der Waals surface area (Å²) in [5, 5.41) is 0. The van der Waals surface area contributed by atoms with Crippen LogP contribution in [0.4, 0.5) is 5.82 Å². The van der Waals surface area contributed by atoms with E-state index in [0.29, 0.717) is 22.3 Å². The standard InChI is InChI=1S/C15H9N5O2/c1-2-19-8-18-11-12(19)16-7-17-13(11)20-14(21)9-5-3-4-6-10(9)15(20)22/h2-8H,1H2. The van der Waals surface area contributed by atoms with Gasteiger partial charge in [0.2, 0.25) is 0 Å². The number of nitrogens with zero attached hydrogens (tertiary/aromatic N) is 5. The first-order valence-electron chi connectivity index (χ1n) is 6.50. The average Bonchev–Trinajstić information content (AvgIpc) is 3.08. The highest BCUT2D eigenvalue weighted by molar-refractivity contribution is 6.35. The van der Waals surface area contributed by atoms with Crippen molar-refractivity contribution in [3.8, 4) is 0 Å². The topological polar surface area (TPSA) is 81.0 Å². The van der Waals surface area contributed by atoms with Crippen molar-refractivity contribution in [1.29, 1.82) is 0 Å². The number of hydrogen-bond acceptors (Lipinski definition) is 5. The van der Waals surface area contributed by atoms with E-state index >= 15 is 0 Å². The van der Waals surface area contributed by atoms with Crippen molar-refractivity contribution in [2.45, 2.75) is 0 Å². The minimum Gasteiger partial charge on any atom is -0.291 e. The van der Waals surface area contributed by atoms with Crippen LogP contribution in [-0.2, 0) is 0 Å². The lowest BCUT2D eigenvalue weighted by Crippen LogP contribution is -2.30. The van der Waals surface area contributed by atoms with E-state index in [0.717, 1.165) is 4.90 Å². The molecule has 0 unspecified atom stereocenters. The molecule has 0 spiro atoms. The van der Waals surface area contributed by atoms with Gasteiger partial charge in [0.25, 0.3) is 11.8 Å². The molecule has 0 atom stereocenters. The van der Waals surface area contributed by atoms with E-state index < -0.39 is 11.8 Å². The average molecular weight is 291 g/mol. The summed E-state index contributed by atoms with van der Waals surface area (Å²) in [5.41, 5.74) is 1.58. The van der Waals surface area contributed by atoms with E-state index in [-0.39, 0.29) is 5.82 Å². The first-order valence-corrected chi connectivity index (χ1v) is 6.50. The van der Waals surface area contributed by atoms with Gasteiger partial charge in [-0.2, -0.15) is 0 Å². The summed E-state index contributed by atoms with van der Waals surface area (Å²) in [6, 6.07) is 6.68. The van der Waals surface area contributed by atoms with Crippen molar-refractivity contribution in [3.63, 3.8) is 0 Å². The second-order valence-corrected chi connectivity index (χ2v) is 4.70. The second-order valence-electron chi connectivity index (χ2n) is 4.70. The van der Waals surface area contributed by atoms with Crippen molar-refractivity contribution < 1.29 is 9.59 Å². The molecule has 106 valence electrons. The lowest BCUT2D eigenvalue weighted by atomic mass is 10.1. The zero-order chi connectivity index (χ0) is 15.3. The van der Waals surface area contributed by atoms with Gasteiger partial charge in [0.15, 0.2) is 17.0 Å². The fourth-order valence-electron chi connectivity index (χ4n) is 2.52. The molecule has 3 aromatic rings. The zero-order valence-corrected chi connectivity index (χ0v) is 11.3. The number of hydrogen-bond donors (Lipinski definition) is 0. The Balaban J connectivity index is 1.94. The predicted molar refractivity (Wildman–Crippen MR) is 79.3 cm³/mol. The summed E-state index contributed by atoms with van der Waals surface area (Å²) in [6.45, 7) is 3.66. The number of benzene rings is 1. The van der Waals surface area contributed by atoms with Crippen LogP contribution in [0.2, 0.25) is 0 Å². The van der Waals surface area contributed by atoms with Crippen LogP contribution in [0.5, 0.6) is 0 Å². The van der Waals surface area contributed by atoms with Gasteiger partial charge in [-0.15, -0.1) is 0 Å². The molecule has 0 aliphatic carbocycles. The van der Waals surface area contributed by atoms with Gasteiger partial charge in [0.05, 0.1) is 11.1 Å². The molecule has 1 aliphatic rings. The molecule has 0 radical (unpaired) electrons. The Kier molecular flexibility index (Phi) is 2.43. The van der Waals surface area contributed by atoms with Crippen LogP contribution < -0.4 is 4.90 Å². The lowest BCUT2D eigenvalue weighted by Gasteiger charge is -2.12. The Morgan fingerprint density at radius 3 is 2.32 bits per heavy atom. The minimum absolute atomic E-state index is 0.178. The highest BCUT2D eigenvalue weighted by atomic mass is 16.2. The van der Waals surface area contributed by atoms with E-state index in [1.165, 1.54) is 18.9 Å². The maximum absolute atomic E-state index is 12.5. The number of imidazole rings is 1. The van der Waals surface area contributed by atoms with Crippen molar-refractivity contribution >= 4 is 35.0 Å². The SMILES string of the molecule is C=Cn1cnc2c(N3C(=O)c4ccccc4C3=O)ncnc21. The number of rotatable bonds is 2. The van der Waals surface area contributed by atoms with Gasteiger partial charge in [-0.3, -0.25) is 14.2 Å². The first-order chi connectivity index (χ1) is 10.7. The Labute approximate surface area is 124 Å². The number of carbonyl (C=O) groups excluding carboxylic acids is 2. The molecule has 0 bridgehead atoms. The maximum Gasteiger partial charge on any atom is 0.267 e. The molecular formula is C15H9N5O2. The van der Waals surface area contributed by atoms with Gasteiger partial charge in [-0.1, -0.05) is 18.7 Å². The van der Waals surface area contributed by atoms with Crippen molar-refractivity contribution in [3.05, 3.63) is 54.6 Å². The maximum atomic E-state index is 12.5. The van der Waals surface area contributed by atoms with Gasteiger partial charge in [-0.05, 0) is 12.1 Å². The number of fused-ring (bicyclic) bond motifs is 2. The van der Waals surface area contributed by atoms with Crippen molar-refractivity contribution in [1.82, 2.24) is 19.5 Å². The Bertz CT molecular complexity index is 924. The smallest absolute Gasteiger partial charge is 0.267 e. The fraction of sp³-hybridized carbons (Fsp3) is 0. The highest BCUT2D eigenvalue weighted by Crippen LogP contribution is 2.30. The number of anilines is 1. The Hall–Kier alpha value is -3.35. The third-order valence-corrected chi connectivity index (χ3v) is 3.54. The molecule has 0 fully saturated rings. The largest absolute Gasteiger partial charge is 0.291 e. The quantitative estimate of drug-likeness (QED) is 0.672. The number of carbonyl (C=O) groups is 2. The summed E-state index contributed by atoms with van der Waals surface area (Å²) < 4.78 is 1.60. The molecule has 1 aromatic carbocycles. The summed E-state index contributed by atoms with van der Waals surface area (Å²) in [4.78, 5) is 38.5. The van der Waals surface area contributed by atoms with E-state index in [9.17, 15) is 9.59 Å². The van der Waals surface area contributed by atoms with Crippen molar-refractivity contribution in [2.24, 2.45) is 0 Å². The van der Waals surface area contributed by atoms with Gasteiger partial charge in [0.1, 0.15) is 12.7 Å². The number of amides is 2. The summed E-state index contributed by atoms with van der Waals surface area (Å²) in [7, 11) is 0. The van der Waals surface area contributed by atoms with E-state index in [1.807, 2.05) is 0 Å². The second kappa shape index (κ2) is 4.32. The summed E-state index contributed by atoms with van der Waals surface area (Å²) >= 11 is 0. The Morgan fingerprint density at radius 1 is 1.00 bits per heavy atom. The molecule has 0 N–H and O–H groups in total. The molecule has 0 saturated heterocycles. The van der Waals surface area contributed by atoms with Gasteiger partial charge in [-0.25, -0.2) is 19.9 Å². The molecule has 0 saturated carbocycles. The molecule has 3 heterocycles. The molecule has 22 heavy (non-hydrogen) atoms. The molecule has 4 rings (SSSR count). The van der Waals surface area contributed by atoms with Crippen LogP contribution in [0.3, 0.4) is 0 Å². The molecule has 1 aliphatic heterocycles. The molecule has 2 amide bonds. The summed E-state index contributed by atoms with van der Waals surface area (Å²) in [6.07, 6.45) is 4.34. The van der Waals surface area contributed by atoms with Crippen molar-refractivity contribution in [2.75, 3.05) is 4.90 Å². The van der Waals surface area contributed by atoms with Gasteiger partial charge >= 0.3 is 0 Å². The lowest BCUT2D eigenvalue weighted by molar-refractivity contribution is 0.0925. The van der Waals surface area contributed by atoms with E-state index in [4.69, 9.17) is 0 Å². The monoisotopic (exact) mass is 291 g/mol. The molecular weight excluding hydrogens is 282 g/mol. The predicted octanol–water partition coefficient (Wildman–Crippen LogP) is 1.73. The van der Waals surface area contributed by atoms with Gasteiger partial charge < -0.3 is 0 Å². The van der Waals surface area contributed by atoms with Crippen LogP contribution in [0, 0.1) is 0 Å². The van der Waals surface area contributed by atoms with Crippen LogP contribution in [0.1, 0.15) is 20.7 Å². The third-order valence-electron chi connectivity index (χ3n) is 3.54. The molecule has 7 heteroatoms. The van der Waals surface area contributed by atoms with Gasteiger partial charge in [0, 0.05) is 6.20 Å². The number of imide groups is 1. The van der Waals surface area contributed by atoms with E-state index in [2.05, 4.69) is 21.5 Å². The van der Waals surface area contributed by atoms with Crippen LogP contribution in [0.25, 0.3) is 17.4 Å². The Morgan fingerprint density at radius 2 is 1.68 bits per heavy atom. The highest BCUT2D eigenvalue weighted by Gasteiger charge is 2.38. The normalized spacial score (nSPS) is 13.7. The summed E-state index contributed by atoms with van der Waals surface area (Å²) in [5.74, 6) is -0.640.